The molecule has 5 nitrogen and oxygen atoms in total. The van der Waals surface area contributed by atoms with Gasteiger partial charge in [0.1, 0.15) is 0 Å². The molecule has 3 rings (SSSR count). The normalized spacial score (nSPS) is 12.5. The van der Waals surface area contributed by atoms with E-state index in [1.54, 1.807) is 42.7 Å². The Morgan fingerprint density at radius 3 is 2.29 bits per heavy atom. The predicted octanol–water partition coefficient (Wildman–Crippen LogP) is 2.67. The average Bonchev–Trinajstić information content (AvgIpc) is 3.14. The van der Waals surface area contributed by atoms with Gasteiger partial charge in [0.2, 0.25) is 0 Å². The van der Waals surface area contributed by atoms with Gasteiger partial charge in [-0.15, -0.1) is 0 Å². The number of aryl methyl sites for hydroxylation is 1. The molecule has 0 amide bonds. The zero-order valence-corrected chi connectivity index (χ0v) is 17.9. The van der Waals surface area contributed by atoms with Crippen molar-refractivity contribution in [2.24, 2.45) is 7.05 Å². The minimum absolute atomic E-state index is 0.286. The van der Waals surface area contributed by atoms with Crippen LogP contribution < -0.4 is 3.71 Å². The number of aromatic nitrogens is 3. The van der Waals surface area contributed by atoms with Crippen molar-refractivity contribution in [2.45, 2.75) is 19.7 Å². The molecule has 0 aliphatic carbocycles. The van der Waals surface area contributed by atoms with Crippen LogP contribution in [0.15, 0.2) is 59.9 Å². The molecule has 0 radical (unpaired) electrons. The predicted molar refractivity (Wildman–Crippen MR) is 98.6 cm³/mol. The van der Waals surface area contributed by atoms with Gasteiger partial charge in [-0.25, -0.2) is 0 Å². The van der Waals surface area contributed by atoms with E-state index in [1.165, 1.54) is 3.97 Å². The van der Waals surface area contributed by atoms with E-state index in [-0.39, 0.29) is 4.90 Å². The second-order valence-corrected chi connectivity index (χ2v) is 22.9. The minimum atomic E-state index is -3.56. The number of rotatable bonds is 4. The van der Waals surface area contributed by atoms with Gasteiger partial charge in [-0.1, -0.05) is 0 Å². The first-order chi connectivity index (χ1) is 11.2. The molecule has 0 aliphatic rings. The van der Waals surface area contributed by atoms with Crippen LogP contribution in [-0.2, 0) is 17.1 Å². The molecule has 0 atom stereocenters. The first kappa shape index (κ1) is 17.3. The van der Waals surface area contributed by atoms with Gasteiger partial charge in [-0.3, -0.25) is 0 Å². The van der Waals surface area contributed by atoms with E-state index in [9.17, 15) is 8.42 Å². The van der Waals surface area contributed by atoms with Crippen molar-refractivity contribution in [3.8, 4) is 11.1 Å². The van der Waals surface area contributed by atoms with Crippen LogP contribution in [0, 0.1) is 0 Å². The summed E-state index contributed by atoms with van der Waals surface area (Å²) < 4.78 is 29.7. The van der Waals surface area contributed by atoms with E-state index < -0.39 is 28.4 Å². The monoisotopic (exact) mass is 451 g/mol. The van der Waals surface area contributed by atoms with E-state index >= 15 is 0 Å². The van der Waals surface area contributed by atoms with Gasteiger partial charge in [0.25, 0.3) is 0 Å². The van der Waals surface area contributed by atoms with Gasteiger partial charge < -0.3 is 0 Å². The van der Waals surface area contributed by atoms with Crippen molar-refractivity contribution in [1.29, 1.82) is 0 Å². The maximum absolute atomic E-state index is 12.7. The molecule has 0 aliphatic heterocycles. The van der Waals surface area contributed by atoms with Crippen LogP contribution in [0.5, 0.6) is 0 Å². The summed E-state index contributed by atoms with van der Waals surface area (Å²) in [5.74, 6) is 0. The fraction of sp³-hybridized carbons (Fsp3) is 0.235. The van der Waals surface area contributed by atoms with Crippen molar-refractivity contribution >= 4 is 32.1 Å². The molecule has 0 fully saturated rings. The Balaban J connectivity index is 2.07. The maximum atomic E-state index is 12.7. The first-order valence-corrected chi connectivity index (χ1v) is 19.2. The quantitative estimate of drug-likeness (QED) is 0.575. The average molecular weight is 450 g/mol. The third kappa shape index (κ3) is 3.17. The molecule has 2 heterocycles. The third-order valence-corrected chi connectivity index (χ3v) is 10.6. The van der Waals surface area contributed by atoms with Gasteiger partial charge in [0, 0.05) is 0 Å². The second kappa shape index (κ2) is 6.07. The topological polar surface area (TPSA) is 56.9 Å². The van der Waals surface area contributed by atoms with Crippen LogP contribution in [0.3, 0.4) is 0 Å². The molecule has 1 aromatic carbocycles. The molecule has 2 aromatic heterocycles. The Morgan fingerprint density at radius 2 is 1.67 bits per heavy atom. The molecule has 126 valence electrons. The second-order valence-electron chi connectivity index (χ2n) is 6.86. The van der Waals surface area contributed by atoms with Gasteiger partial charge >= 0.3 is 147 Å². The van der Waals surface area contributed by atoms with E-state index in [0.717, 1.165) is 14.8 Å². The molecule has 7 heteroatoms. The summed E-state index contributed by atoms with van der Waals surface area (Å²) in [4.78, 5) is 7.20. The van der Waals surface area contributed by atoms with E-state index in [0.29, 0.717) is 0 Å². The van der Waals surface area contributed by atoms with Gasteiger partial charge in [-0.2, -0.15) is 0 Å². The molecule has 3 aromatic rings. The van der Waals surface area contributed by atoms with Gasteiger partial charge in [-0.05, 0) is 0 Å². The summed E-state index contributed by atoms with van der Waals surface area (Å²) >= 11 is -2.40. The number of nitrogens with zero attached hydrogens (tertiary/aromatic N) is 3. The van der Waals surface area contributed by atoms with Gasteiger partial charge in [0.15, 0.2) is 0 Å². The molecule has 24 heavy (non-hydrogen) atoms. The molecular weight excluding hydrogens is 429 g/mol. The van der Waals surface area contributed by atoms with Crippen LogP contribution >= 0.6 is 0 Å². The molecule has 0 saturated heterocycles. The molecule has 0 saturated carbocycles. The zero-order chi connectivity index (χ0) is 17.5. The van der Waals surface area contributed by atoms with Crippen LogP contribution in [0.25, 0.3) is 11.1 Å². The third-order valence-electron chi connectivity index (χ3n) is 3.84. The SMILES string of the molecule is Cn1cc(-c2ccn(S(=O)(=O)c3ccccc3)c2)[c]([Sn]([CH3])([CH3])[CH3])n1. The van der Waals surface area contributed by atoms with Crippen LogP contribution in [0.1, 0.15) is 0 Å². The number of hydrogen-bond donors (Lipinski definition) is 0. The number of benzene rings is 1. The fourth-order valence-corrected chi connectivity index (χ4v) is 8.08. The van der Waals surface area contributed by atoms with Crippen LogP contribution in [-0.4, -0.2) is 40.5 Å². The van der Waals surface area contributed by atoms with Crippen molar-refractivity contribution in [3.63, 3.8) is 0 Å². The van der Waals surface area contributed by atoms with E-state index in [2.05, 4.69) is 19.9 Å². The molecule has 0 spiro atoms. The van der Waals surface area contributed by atoms with Gasteiger partial charge in [0.05, 0.1) is 0 Å². The van der Waals surface area contributed by atoms with E-state index in [4.69, 9.17) is 0 Å². The standard InChI is InChI=1S/C14H12N3O2S.3CH3.Sn/c1-16-10-13(9-15-16)12-7-8-17(11-12)20(18,19)14-5-3-2-4-6-14;;;;/h2-8,10-11H,1H3;3*1H3;. The van der Waals surface area contributed by atoms with Crippen molar-refractivity contribution in [3.05, 3.63) is 55.0 Å². The Bertz CT molecular complexity index is 967. The number of hydrogen-bond acceptors (Lipinski definition) is 3. The Morgan fingerprint density at radius 1 is 1.00 bits per heavy atom. The molecule has 0 unspecified atom stereocenters. The summed E-state index contributed by atoms with van der Waals surface area (Å²) in [5, 5.41) is 4.64. The van der Waals surface area contributed by atoms with Crippen molar-refractivity contribution in [2.75, 3.05) is 0 Å². The van der Waals surface area contributed by atoms with Crippen molar-refractivity contribution < 1.29 is 8.42 Å². The van der Waals surface area contributed by atoms with E-state index in [1.807, 2.05) is 24.0 Å². The Kier molecular flexibility index (Phi) is 4.37. The molecule has 0 N–H and O–H groups in total. The first-order valence-electron chi connectivity index (χ1n) is 7.73. The summed E-state index contributed by atoms with van der Waals surface area (Å²) in [6.45, 7) is 0. The van der Waals surface area contributed by atoms with Crippen molar-refractivity contribution in [1.82, 2.24) is 13.8 Å². The Labute approximate surface area is 146 Å². The zero-order valence-electron chi connectivity index (χ0n) is 14.3. The molecule has 0 bridgehead atoms. The van der Waals surface area contributed by atoms with Crippen LogP contribution in [0.4, 0.5) is 0 Å². The summed E-state index contributed by atoms with van der Waals surface area (Å²) in [6, 6.07) is 10.3. The fourth-order valence-electron chi connectivity index (χ4n) is 2.65. The Hall–Kier alpha value is -1.54. The summed E-state index contributed by atoms with van der Waals surface area (Å²) in [5.41, 5.74) is 1.94. The van der Waals surface area contributed by atoms with Crippen LogP contribution in [0.2, 0.25) is 14.8 Å². The summed E-state index contributed by atoms with van der Waals surface area (Å²) in [7, 11) is -1.66. The summed E-state index contributed by atoms with van der Waals surface area (Å²) in [6.07, 6.45) is 5.26. The molecular formula is C17H21N3O2SSn.